The molecule has 5 heteroatoms. The summed E-state index contributed by atoms with van der Waals surface area (Å²) in [7, 11) is 3.18. The second-order valence-corrected chi connectivity index (χ2v) is 4.68. The molecular weight excluding hydrogens is 282 g/mol. The maximum Gasteiger partial charge on any atom is 0.244 e. The zero-order valence-corrected chi connectivity index (χ0v) is 12.9. The van der Waals surface area contributed by atoms with Gasteiger partial charge in [-0.3, -0.25) is 4.79 Å². The smallest absolute Gasteiger partial charge is 0.244 e. The van der Waals surface area contributed by atoms with Gasteiger partial charge in [-0.25, -0.2) is 0 Å². The van der Waals surface area contributed by atoms with Gasteiger partial charge < -0.3 is 19.2 Å². The van der Waals surface area contributed by atoms with Crippen LogP contribution in [0.2, 0.25) is 0 Å². The highest BCUT2D eigenvalue weighted by atomic mass is 16.5. The summed E-state index contributed by atoms with van der Waals surface area (Å²) in [6.07, 6.45) is 3.07. The summed E-state index contributed by atoms with van der Waals surface area (Å²) in [6.45, 7) is 2.22. The molecule has 0 unspecified atom stereocenters. The van der Waals surface area contributed by atoms with Crippen LogP contribution in [0.5, 0.6) is 11.5 Å². The Morgan fingerprint density at radius 3 is 2.68 bits per heavy atom. The summed E-state index contributed by atoms with van der Waals surface area (Å²) in [6, 6.07) is 9.12. The van der Waals surface area contributed by atoms with Crippen LogP contribution in [0.3, 0.4) is 0 Å². The van der Waals surface area contributed by atoms with E-state index in [4.69, 9.17) is 13.9 Å². The van der Waals surface area contributed by atoms with E-state index in [9.17, 15) is 4.79 Å². The van der Waals surface area contributed by atoms with Crippen LogP contribution in [0.4, 0.5) is 0 Å². The number of carbonyl (C=O) groups is 1. The number of benzene rings is 1. The van der Waals surface area contributed by atoms with E-state index in [2.05, 4.69) is 5.32 Å². The molecule has 2 rings (SSSR count). The number of amides is 1. The van der Waals surface area contributed by atoms with Crippen LogP contribution in [0.1, 0.15) is 17.1 Å². The largest absolute Gasteiger partial charge is 0.497 e. The Bertz CT molecular complexity index is 673. The van der Waals surface area contributed by atoms with E-state index >= 15 is 0 Å². The number of rotatable bonds is 6. The van der Waals surface area contributed by atoms with Crippen LogP contribution in [0.15, 0.2) is 40.8 Å². The molecule has 22 heavy (non-hydrogen) atoms. The monoisotopic (exact) mass is 301 g/mol. The minimum absolute atomic E-state index is 0.202. The average Bonchev–Trinajstić information content (AvgIpc) is 2.96. The highest BCUT2D eigenvalue weighted by molar-refractivity contribution is 5.91. The number of furan rings is 1. The molecule has 1 amide bonds. The number of nitrogens with one attached hydrogen (secondary N) is 1. The van der Waals surface area contributed by atoms with Crippen molar-refractivity contribution in [2.75, 3.05) is 14.2 Å². The molecule has 1 N–H and O–H groups in total. The molecule has 0 fully saturated rings. The molecule has 0 spiro atoms. The molecule has 0 bridgehead atoms. The first-order valence-electron chi connectivity index (χ1n) is 6.85. The van der Waals surface area contributed by atoms with Crippen molar-refractivity contribution in [1.82, 2.24) is 5.32 Å². The molecule has 116 valence electrons. The van der Waals surface area contributed by atoms with Crippen molar-refractivity contribution in [1.29, 1.82) is 0 Å². The van der Waals surface area contributed by atoms with Gasteiger partial charge in [0.2, 0.25) is 5.91 Å². The van der Waals surface area contributed by atoms with E-state index in [0.717, 1.165) is 11.3 Å². The van der Waals surface area contributed by atoms with Gasteiger partial charge in [0.25, 0.3) is 0 Å². The fourth-order valence-electron chi connectivity index (χ4n) is 1.94. The quantitative estimate of drug-likeness (QED) is 0.833. The van der Waals surface area contributed by atoms with Gasteiger partial charge in [0.1, 0.15) is 23.0 Å². The summed E-state index contributed by atoms with van der Waals surface area (Å²) in [5.74, 6) is 2.63. The van der Waals surface area contributed by atoms with Crippen LogP contribution in [0.25, 0.3) is 6.08 Å². The number of methoxy groups -OCH3 is 2. The molecule has 1 heterocycles. The van der Waals surface area contributed by atoms with Gasteiger partial charge in [0, 0.05) is 24.3 Å². The van der Waals surface area contributed by atoms with Gasteiger partial charge >= 0.3 is 0 Å². The van der Waals surface area contributed by atoms with Gasteiger partial charge in [-0.05, 0) is 37.3 Å². The number of hydrogen-bond acceptors (Lipinski definition) is 4. The predicted octanol–water partition coefficient (Wildman–Crippen LogP) is 2.93. The zero-order chi connectivity index (χ0) is 15.9. The summed E-state index contributed by atoms with van der Waals surface area (Å²) >= 11 is 0. The Labute approximate surface area is 129 Å². The van der Waals surface area contributed by atoms with Crippen molar-refractivity contribution in [2.24, 2.45) is 0 Å². The van der Waals surface area contributed by atoms with Crippen LogP contribution in [-0.2, 0) is 11.3 Å². The topological polar surface area (TPSA) is 60.7 Å². The molecule has 5 nitrogen and oxygen atoms in total. The first-order valence-corrected chi connectivity index (χ1v) is 6.85. The first kappa shape index (κ1) is 15.7. The van der Waals surface area contributed by atoms with E-state index in [0.29, 0.717) is 23.8 Å². The Kier molecular flexibility index (Phi) is 5.25. The van der Waals surface area contributed by atoms with E-state index in [1.807, 2.05) is 31.2 Å². The first-order chi connectivity index (χ1) is 10.6. The lowest BCUT2D eigenvalue weighted by Gasteiger charge is -2.10. The fraction of sp³-hybridized carbons (Fsp3) is 0.235. The highest BCUT2D eigenvalue weighted by Crippen LogP contribution is 2.24. The third-order valence-electron chi connectivity index (χ3n) is 3.11. The third-order valence-corrected chi connectivity index (χ3v) is 3.11. The Morgan fingerprint density at radius 2 is 2.05 bits per heavy atom. The summed E-state index contributed by atoms with van der Waals surface area (Å²) in [5, 5.41) is 2.80. The maximum atomic E-state index is 11.8. The van der Waals surface area contributed by atoms with Gasteiger partial charge in [0.05, 0.1) is 14.2 Å². The molecule has 0 saturated carbocycles. The SMILES string of the molecule is COc1ccc(CNC(=O)/C=C/c2ccc(C)o2)c(OC)c1. The lowest BCUT2D eigenvalue weighted by molar-refractivity contribution is -0.116. The second-order valence-electron chi connectivity index (χ2n) is 4.68. The molecule has 0 aliphatic carbocycles. The Balaban J connectivity index is 1.94. The predicted molar refractivity (Wildman–Crippen MR) is 83.9 cm³/mol. The van der Waals surface area contributed by atoms with Crippen molar-refractivity contribution < 1.29 is 18.7 Å². The molecular formula is C17H19NO4. The van der Waals surface area contributed by atoms with Crippen LogP contribution in [-0.4, -0.2) is 20.1 Å². The number of ether oxygens (including phenoxy) is 2. The van der Waals surface area contributed by atoms with E-state index < -0.39 is 0 Å². The lowest BCUT2D eigenvalue weighted by Crippen LogP contribution is -2.20. The molecule has 0 radical (unpaired) electrons. The third kappa shape index (κ3) is 4.15. The van der Waals surface area contributed by atoms with Crippen molar-refractivity contribution in [3.8, 4) is 11.5 Å². The standard InChI is InChI=1S/C17H19NO4/c1-12-4-6-14(22-12)8-9-17(19)18-11-13-5-7-15(20-2)10-16(13)21-3/h4-10H,11H2,1-3H3,(H,18,19)/b9-8+. The van der Waals surface area contributed by atoms with Crippen molar-refractivity contribution in [3.63, 3.8) is 0 Å². The van der Waals surface area contributed by atoms with E-state index in [1.165, 1.54) is 6.08 Å². The normalized spacial score (nSPS) is 10.7. The van der Waals surface area contributed by atoms with E-state index in [1.54, 1.807) is 26.4 Å². The lowest BCUT2D eigenvalue weighted by atomic mass is 10.2. The minimum Gasteiger partial charge on any atom is -0.497 e. The summed E-state index contributed by atoms with van der Waals surface area (Å²) < 4.78 is 15.8. The number of aryl methyl sites for hydroxylation is 1. The Morgan fingerprint density at radius 1 is 1.23 bits per heavy atom. The maximum absolute atomic E-state index is 11.8. The molecule has 0 aliphatic heterocycles. The van der Waals surface area contributed by atoms with E-state index in [-0.39, 0.29) is 5.91 Å². The number of hydrogen-bond donors (Lipinski definition) is 1. The fourth-order valence-corrected chi connectivity index (χ4v) is 1.94. The zero-order valence-electron chi connectivity index (χ0n) is 12.9. The van der Waals surface area contributed by atoms with Crippen LogP contribution < -0.4 is 14.8 Å². The van der Waals surface area contributed by atoms with Gasteiger partial charge in [-0.1, -0.05) is 0 Å². The van der Waals surface area contributed by atoms with Gasteiger partial charge in [0.15, 0.2) is 0 Å². The molecule has 0 atom stereocenters. The molecule has 0 aliphatic rings. The molecule has 1 aromatic carbocycles. The highest BCUT2D eigenvalue weighted by Gasteiger charge is 2.06. The summed E-state index contributed by atoms with van der Waals surface area (Å²) in [4.78, 5) is 11.8. The molecule has 0 saturated heterocycles. The van der Waals surface area contributed by atoms with Crippen molar-refractivity contribution in [2.45, 2.75) is 13.5 Å². The summed E-state index contributed by atoms with van der Waals surface area (Å²) in [5.41, 5.74) is 0.874. The molecule has 2 aromatic rings. The van der Waals surface area contributed by atoms with Gasteiger partial charge in [-0.2, -0.15) is 0 Å². The van der Waals surface area contributed by atoms with Crippen molar-refractivity contribution in [3.05, 3.63) is 53.5 Å². The van der Waals surface area contributed by atoms with Crippen molar-refractivity contribution >= 4 is 12.0 Å². The average molecular weight is 301 g/mol. The van der Waals surface area contributed by atoms with Crippen LogP contribution in [0, 0.1) is 6.92 Å². The minimum atomic E-state index is -0.202. The molecule has 1 aromatic heterocycles. The number of carbonyl (C=O) groups excluding carboxylic acids is 1. The second kappa shape index (κ2) is 7.36. The van der Waals surface area contributed by atoms with Crippen LogP contribution >= 0.6 is 0 Å². The Hall–Kier alpha value is -2.69. The van der Waals surface area contributed by atoms with Gasteiger partial charge in [-0.15, -0.1) is 0 Å².